The van der Waals surface area contributed by atoms with Gasteiger partial charge in [-0.15, -0.1) is 0 Å². The molecule has 2 aromatic carbocycles. The zero-order valence-corrected chi connectivity index (χ0v) is 13.8. The Morgan fingerprint density at radius 1 is 0.857 bits per heavy atom. The fraction of sp³-hybridized carbons (Fsp3) is 0.263. The molecule has 2 heteroatoms. The van der Waals surface area contributed by atoms with Crippen LogP contribution in [0.1, 0.15) is 19.4 Å². The van der Waals surface area contributed by atoms with Crippen molar-refractivity contribution in [3.63, 3.8) is 0 Å². The third-order valence-electron chi connectivity index (χ3n) is 4.21. The van der Waals surface area contributed by atoms with Gasteiger partial charge in [-0.3, -0.25) is 0 Å². The van der Waals surface area contributed by atoms with E-state index in [-0.39, 0.29) is 0 Å². The molecular weight excluding hydrogens is 270 g/mol. The lowest BCUT2D eigenvalue weighted by atomic mass is 10.2. The lowest BCUT2D eigenvalue weighted by molar-refractivity contribution is 0.856. The summed E-state index contributed by atoms with van der Waals surface area (Å²) in [6.45, 7) is 5.66. The summed E-state index contributed by atoms with van der Waals surface area (Å²) in [5, 5.41) is 2.96. The molecular formula is C19H22NSi. The van der Waals surface area contributed by atoms with E-state index in [4.69, 9.17) is 0 Å². The maximum Gasteiger partial charge on any atom is 0.107 e. The first kappa shape index (κ1) is 14.1. The summed E-state index contributed by atoms with van der Waals surface area (Å²) >= 11 is 0. The van der Waals surface area contributed by atoms with Gasteiger partial charge in [0.2, 0.25) is 0 Å². The fourth-order valence-corrected chi connectivity index (χ4v) is 5.22. The van der Waals surface area contributed by atoms with E-state index in [9.17, 15) is 0 Å². The van der Waals surface area contributed by atoms with Crippen molar-refractivity contribution in [2.24, 2.45) is 0 Å². The van der Waals surface area contributed by atoms with E-state index < -0.39 is 8.80 Å². The van der Waals surface area contributed by atoms with Crippen LogP contribution >= 0.6 is 0 Å². The number of rotatable bonds is 5. The molecule has 0 aliphatic heterocycles. The number of benzene rings is 2. The summed E-state index contributed by atoms with van der Waals surface area (Å²) in [5.41, 5.74) is 2.76. The fourth-order valence-electron chi connectivity index (χ4n) is 3.05. The van der Waals surface area contributed by atoms with Crippen LogP contribution in [0.5, 0.6) is 0 Å². The Kier molecular flexibility index (Phi) is 4.25. The van der Waals surface area contributed by atoms with Crippen LogP contribution in [-0.4, -0.2) is 13.4 Å². The van der Waals surface area contributed by atoms with Crippen molar-refractivity contribution in [1.82, 2.24) is 4.57 Å². The second-order valence-corrected chi connectivity index (χ2v) is 8.60. The SMILES string of the molecule is CC[Si](CC)c1cc2ccccc2n1Cc1ccccc1. The minimum absolute atomic E-state index is 0.448. The predicted octanol–water partition coefficient (Wildman–Crippen LogP) is 4.43. The van der Waals surface area contributed by atoms with Gasteiger partial charge in [0.05, 0.1) is 0 Å². The van der Waals surface area contributed by atoms with Crippen molar-refractivity contribution in [3.05, 3.63) is 66.2 Å². The molecule has 1 radical (unpaired) electrons. The van der Waals surface area contributed by atoms with Crippen LogP contribution in [0.25, 0.3) is 10.9 Å². The van der Waals surface area contributed by atoms with Crippen LogP contribution in [0.2, 0.25) is 12.1 Å². The van der Waals surface area contributed by atoms with E-state index in [0.717, 1.165) is 6.54 Å². The van der Waals surface area contributed by atoms with Gasteiger partial charge >= 0.3 is 0 Å². The van der Waals surface area contributed by atoms with Gasteiger partial charge in [-0.1, -0.05) is 74.5 Å². The molecule has 0 bridgehead atoms. The number of aromatic nitrogens is 1. The van der Waals surface area contributed by atoms with Crippen molar-refractivity contribution in [1.29, 1.82) is 0 Å². The molecule has 0 fully saturated rings. The van der Waals surface area contributed by atoms with Crippen molar-refractivity contribution >= 4 is 25.0 Å². The average Bonchev–Trinajstić information content (AvgIpc) is 2.89. The maximum atomic E-state index is 2.55. The first-order chi connectivity index (χ1) is 10.3. The molecule has 0 saturated carbocycles. The van der Waals surface area contributed by atoms with Crippen LogP contribution in [0.4, 0.5) is 0 Å². The van der Waals surface area contributed by atoms with E-state index in [2.05, 4.69) is 79.1 Å². The summed E-state index contributed by atoms with van der Waals surface area (Å²) in [6.07, 6.45) is 0. The highest BCUT2D eigenvalue weighted by Crippen LogP contribution is 2.17. The first-order valence-corrected chi connectivity index (χ1v) is 9.72. The Balaban J connectivity index is 2.11. The van der Waals surface area contributed by atoms with E-state index in [0.29, 0.717) is 0 Å². The van der Waals surface area contributed by atoms with Gasteiger partial charge in [0, 0.05) is 17.4 Å². The van der Waals surface area contributed by atoms with Crippen molar-refractivity contribution in [3.8, 4) is 0 Å². The zero-order valence-electron chi connectivity index (χ0n) is 12.8. The molecule has 0 N–H and O–H groups in total. The van der Waals surface area contributed by atoms with E-state index in [1.165, 1.54) is 28.6 Å². The first-order valence-electron chi connectivity index (χ1n) is 7.80. The van der Waals surface area contributed by atoms with Gasteiger partial charge in [-0.25, -0.2) is 0 Å². The quantitative estimate of drug-likeness (QED) is 0.613. The highest BCUT2D eigenvalue weighted by molar-refractivity contribution is 6.72. The highest BCUT2D eigenvalue weighted by atomic mass is 28.3. The van der Waals surface area contributed by atoms with E-state index in [1.807, 2.05) is 0 Å². The van der Waals surface area contributed by atoms with Crippen LogP contribution in [0, 0.1) is 0 Å². The molecule has 3 rings (SSSR count). The third-order valence-corrected chi connectivity index (χ3v) is 7.06. The normalized spacial score (nSPS) is 11.4. The number of fused-ring (bicyclic) bond motifs is 1. The molecule has 0 spiro atoms. The van der Waals surface area contributed by atoms with E-state index in [1.54, 1.807) is 5.32 Å². The topological polar surface area (TPSA) is 4.93 Å². The lowest BCUT2D eigenvalue weighted by Gasteiger charge is -2.16. The van der Waals surface area contributed by atoms with Crippen molar-refractivity contribution < 1.29 is 0 Å². The molecule has 21 heavy (non-hydrogen) atoms. The standard InChI is InChI=1S/C19H22NSi/c1-3-21(4-2)19-14-17-12-8-9-13-18(17)20(19)15-16-10-6-5-7-11-16/h5-14H,3-4,15H2,1-2H3. The van der Waals surface area contributed by atoms with Crippen molar-refractivity contribution in [2.45, 2.75) is 32.5 Å². The summed E-state index contributed by atoms with van der Waals surface area (Å²) in [6, 6.07) is 24.6. The van der Waals surface area contributed by atoms with E-state index >= 15 is 0 Å². The minimum Gasteiger partial charge on any atom is -0.344 e. The monoisotopic (exact) mass is 292 g/mol. The molecule has 0 unspecified atom stereocenters. The third kappa shape index (κ3) is 2.81. The Morgan fingerprint density at radius 2 is 1.52 bits per heavy atom. The van der Waals surface area contributed by atoms with Gasteiger partial charge in [0.25, 0.3) is 0 Å². The summed E-state index contributed by atoms with van der Waals surface area (Å²) in [7, 11) is -0.448. The molecule has 107 valence electrons. The van der Waals surface area contributed by atoms with Gasteiger partial charge in [0.1, 0.15) is 8.80 Å². The molecule has 3 aromatic rings. The molecule has 0 aliphatic carbocycles. The summed E-state index contributed by atoms with van der Waals surface area (Å²) in [4.78, 5) is 0. The molecule has 1 heterocycles. The van der Waals surface area contributed by atoms with Gasteiger partial charge < -0.3 is 4.57 Å². The maximum absolute atomic E-state index is 2.55. The second kappa shape index (κ2) is 6.31. The molecule has 0 amide bonds. The van der Waals surface area contributed by atoms with Crippen LogP contribution < -0.4 is 5.32 Å². The van der Waals surface area contributed by atoms with Crippen LogP contribution in [0.3, 0.4) is 0 Å². The highest BCUT2D eigenvalue weighted by Gasteiger charge is 2.17. The van der Waals surface area contributed by atoms with Crippen LogP contribution in [0.15, 0.2) is 60.7 Å². The number of hydrogen-bond donors (Lipinski definition) is 0. The molecule has 0 atom stereocenters. The number of hydrogen-bond acceptors (Lipinski definition) is 0. The number of para-hydroxylation sites is 1. The summed E-state index contributed by atoms with van der Waals surface area (Å²) < 4.78 is 2.55. The van der Waals surface area contributed by atoms with Gasteiger partial charge in [-0.2, -0.15) is 0 Å². The predicted molar refractivity (Wildman–Crippen MR) is 93.8 cm³/mol. The molecule has 1 aromatic heterocycles. The Labute approximate surface area is 128 Å². The second-order valence-electron chi connectivity index (χ2n) is 5.47. The summed E-state index contributed by atoms with van der Waals surface area (Å²) in [5.74, 6) is 0. The van der Waals surface area contributed by atoms with Gasteiger partial charge in [-0.05, 0) is 23.1 Å². The largest absolute Gasteiger partial charge is 0.344 e. The Bertz CT molecular complexity index is 711. The van der Waals surface area contributed by atoms with Crippen LogP contribution in [-0.2, 0) is 6.54 Å². The molecule has 1 nitrogen and oxygen atoms in total. The zero-order chi connectivity index (χ0) is 14.7. The Morgan fingerprint density at radius 3 is 2.24 bits per heavy atom. The van der Waals surface area contributed by atoms with Crippen molar-refractivity contribution in [2.75, 3.05) is 0 Å². The lowest BCUT2D eigenvalue weighted by Crippen LogP contribution is -2.34. The smallest absolute Gasteiger partial charge is 0.107 e. The molecule has 0 aliphatic rings. The minimum atomic E-state index is -0.448. The average molecular weight is 292 g/mol. The molecule has 0 saturated heterocycles. The number of nitrogens with zero attached hydrogens (tertiary/aromatic N) is 1. The Hall–Kier alpha value is -1.80. The van der Waals surface area contributed by atoms with Gasteiger partial charge in [0.15, 0.2) is 0 Å².